The number of aliphatic imine (C=N–C) groups is 1. The fraction of sp³-hybridized carbons (Fsp3) is 0.565. The molecule has 1 aromatic heterocycles. The molecule has 2 N–H and O–H groups in total. The fourth-order valence-electron chi connectivity index (χ4n) is 3.73. The third kappa shape index (κ3) is 9.47. The van der Waals surface area contributed by atoms with Gasteiger partial charge < -0.3 is 15.5 Å². The Kier molecular flexibility index (Phi) is 12.4. The predicted molar refractivity (Wildman–Crippen MR) is 141 cm³/mol. The summed E-state index contributed by atoms with van der Waals surface area (Å²) < 4.78 is 1.95. The topological polar surface area (TPSA) is 60.7 Å². The summed E-state index contributed by atoms with van der Waals surface area (Å²) >= 11 is 0. The number of benzene rings is 1. The number of hydrogen-bond donors (Lipinski definition) is 2. The van der Waals surface area contributed by atoms with E-state index in [4.69, 9.17) is 0 Å². The molecule has 1 aromatic carbocycles. The van der Waals surface area contributed by atoms with E-state index in [1.165, 1.54) is 18.7 Å². The smallest absolute Gasteiger partial charge is 0.191 e. The van der Waals surface area contributed by atoms with Crippen LogP contribution in [0.5, 0.6) is 0 Å². The van der Waals surface area contributed by atoms with Gasteiger partial charge >= 0.3 is 0 Å². The molecule has 172 valence electrons. The molecule has 0 atom stereocenters. The summed E-state index contributed by atoms with van der Waals surface area (Å²) in [6, 6.07) is 12.7. The van der Waals surface area contributed by atoms with Gasteiger partial charge in [0.05, 0.1) is 0 Å². The highest BCUT2D eigenvalue weighted by Gasteiger charge is 2.16. The molecule has 8 heteroatoms. The molecule has 2 heterocycles. The predicted octanol–water partition coefficient (Wildman–Crippen LogP) is 3.05. The van der Waals surface area contributed by atoms with E-state index in [1.807, 2.05) is 23.1 Å². The van der Waals surface area contributed by atoms with E-state index in [1.54, 1.807) is 0 Å². The first-order chi connectivity index (χ1) is 14.8. The largest absolute Gasteiger partial charge is 0.369 e. The van der Waals surface area contributed by atoms with Gasteiger partial charge in [-0.05, 0) is 50.9 Å². The summed E-state index contributed by atoms with van der Waals surface area (Å²) in [6.45, 7) is 11.4. The van der Waals surface area contributed by atoms with Gasteiger partial charge in [0, 0.05) is 70.4 Å². The lowest BCUT2D eigenvalue weighted by molar-refractivity contribution is 0.253. The summed E-state index contributed by atoms with van der Waals surface area (Å²) in [5.41, 5.74) is 1.35. The molecule has 0 unspecified atom stereocenters. The number of hydrogen-bond acceptors (Lipinski definition) is 4. The number of rotatable bonds is 11. The highest BCUT2D eigenvalue weighted by atomic mass is 127. The number of para-hydroxylation sites is 1. The second-order valence-electron chi connectivity index (χ2n) is 7.68. The molecular formula is C23H38IN7. The molecule has 7 nitrogen and oxygen atoms in total. The molecule has 1 fully saturated rings. The van der Waals surface area contributed by atoms with Crippen molar-refractivity contribution in [1.82, 2.24) is 25.3 Å². The molecule has 1 aliphatic heterocycles. The maximum Gasteiger partial charge on any atom is 0.191 e. The van der Waals surface area contributed by atoms with Crippen molar-refractivity contribution in [3.8, 4) is 0 Å². The van der Waals surface area contributed by atoms with Gasteiger partial charge in [0.25, 0.3) is 0 Å². The van der Waals surface area contributed by atoms with E-state index < -0.39 is 0 Å². The maximum absolute atomic E-state index is 4.67. The minimum atomic E-state index is 0. The quantitative estimate of drug-likeness (QED) is 0.199. The van der Waals surface area contributed by atoms with Crippen LogP contribution in [-0.2, 0) is 6.54 Å². The Balaban J connectivity index is 0.00000341. The molecule has 0 spiro atoms. The van der Waals surface area contributed by atoms with Gasteiger partial charge in [0.15, 0.2) is 5.96 Å². The average molecular weight is 540 g/mol. The first-order valence-corrected chi connectivity index (χ1v) is 11.4. The third-order valence-corrected chi connectivity index (χ3v) is 5.41. The zero-order valence-corrected chi connectivity index (χ0v) is 21.1. The Morgan fingerprint density at radius 1 is 0.968 bits per heavy atom. The van der Waals surface area contributed by atoms with Crippen LogP contribution in [0.25, 0.3) is 0 Å². The Morgan fingerprint density at radius 3 is 2.48 bits per heavy atom. The lowest BCUT2D eigenvalue weighted by Gasteiger charge is -2.36. The molecular weight excluding hydrogens is 501 g/mol. The van der Waals surface area contributed by atoms with Gasteiger partial charge in [-0.15, -0.1) is 24.0 Å². The molecule has 2 aromatic rings. The molecule has 3 rings (SSSR count). The van der Waals surface area contributed by atoms with E-state index in [0.29, 0.717) is 0 Å². The number of nitrogens with zero attached hydrogens (tertiary/aromatic N) is 5. The SMILES string of the molecule is CCNC(=NCCCn1cccn1)NCCCCN1CCN(c2ccccc2)CC1.I. The second kappa shape index (κ2) is 15.1. The highest BCUT2D eigenvalue weighted by molar-refractivity contribution is 14.0. The van der Waals surface area contributed by atoms with E-state index in [0.717, 1.165) is 71.2 Å². The molecule has 0 aliphatic carbocycles. The van der Waals surface area contributed by atoms with Crippen LogP contribution >= 0.6 is 24.0 Å². The first-order valence-electron chi connectivity index (χ1n) is 11.4. The Hall–Kier alpha value is -1.81. The van der Waals surface area contributed by atoms with Crippen molar-refractivity contribution in [2.24, 2.45) is 4.99 Å². The van der Waals surface area contributed by atoms with Crippen LogP contribution in [0.2, 0.25) is 0 Å². The number of piperazine rings is 1. The van der Waals surface area contributed by atoms with Crippen molar-refractivity contribution < 1.29 is 0 Å². The van der Waals surface area contributed by atoms with Crippen molar-refractivity contribution in [1.29, 1.82) is 0 Å². The monoisotopic (exact) mass is 539 g/mol. The van der Waals surface area contributed by atoms with E-state index in [-0.39, 0.29) is 24.0 Å². The zero-order valence-electron chi connectivity index (χ0n) is 18.7. The summed E-state index contributed by atoms with van der Waals surface area (Å²) in [5, 5.41) is 11.0. The molecule has 1 aliphatic rings. The van der Waals surface area contributed by atoms with Gasteiger partial charge in [0.1, 0.15) is 0 Å². The minimum Gasteiger partial charge on any atom is -0.369 e. The molecule has 0 bridgehead atoms. The number of unbranched alkanes of at least 4 members (excludes halogenated alkanes) is 1. The van der Waals surface area contributed by atoms with Crippen molar-refractivity contribution >= 4 is 35.6 Å². The minimum absolute atomic E-state index is 0. The van der Waals surface area contributed by atoms with Crippen molar-refractivity contribution in [3.05, 3.63) is 48.8 Å². The summed E-state index contributed by atoms with van der Waals surface area (Å²) in [6.07, 6.45) is 7.19. The highest BCUT2D eigenvalue weighted by Crippen LogP contribution is 2.15. The van der Waals surface area contributed by atoms with E-state index >= 15 is 0 Å². The van der Waals surface area contributed by atoms with Crippen LogP contribution < -0.4 is 15.5 Å². The van der Waals surface area contributed by atoms with Crippen molar-refractivity contribution in [2.75, 3.05) is 57.3 Å². The second-order valence-corrected chi connectivity index (χ2v) is 7.68. The maximum atomic E-state index is 4.67. The van der Waals surface area contributed by atoms with Crippen LogP contribution in [0, 0.1) is 0 Å². The Morgan fingerprint density at radius 2 is 1.77 bits per heavy atom. The van der Waals surface area contributed by atoms with Gasteiger partial charge in [-0.3, -0.25) is 14.6 Å². The fourth-order valence-corrected chi connectivity index (χ4v) is 3.73. The first kappa shape index (κ1) is 25.5. The van der Waals surface area contributed by atoms with E-state index in [9.17, 15) is 0 Å². The number of halogens is 1. The number of guanidine groups is 1. The summed E-state index contributed by atoms with van der Waals surface area (Å²) in [4.78, 5) is 9.76. The van der Waals surface area contributed by atoms with Gasteiger partial charge in [-0.25, -0.2) is 0 Å². The van der Waals surface area contributed by atoms with E-state index in [2.05, 4.69) is 67.8 Å². The summed E-state index contributed by atoms with van der Waals surface area (Å²) in [5.74, 6) is 0.925. The van der Waals surface area contributed by atoms with Crippen LogP contribution in [-0.4, -0.2) is 73.0 Å². The van der Waals surface area contributed by atoms with Gasteiger partial charge in [-0.2, -0.15) is 5.10 Å². The normalized spacial score (nSPS) is 14.9. The molecule has 0 amide bonds. The average Bonchev–Trinajstić information content (AvgIpc) is 3.31. The van der Waals surface area contributed by atoms with Crippen molar-refractivity contribution in [3.63, 3.8) is 0 Å². The lowest BCUT2D eigenvalue weighted by atomic mass is 10.2. The zero-order chi connectivity index (χ0) is 20.9. The number of nitrogens with one attached hydrogen (secondary N) is 2. The van der Waals surface area contributed by atoms with Crippen molar-refractivity contribution in [2.45, 2.75) is 32.7 Å². The lowest BCUT2D eigenvalue weighted by Crippen LogP contribution is -2.46. The summed E-state index contributed by atoms with van der Waals surface area (Å²) in [7, 11) is 0. The third-order valence-electron chi connectivity index (χ3n) is 5.41. The molecule has 0 radical (unpaired) electrons. The van der Waals surface area contributed by atoms with Crippen LogP contribution in [0.4, 0.5) is 5.69 Å². The molecule has 31 heavy (non-hydrogen) atoms. The Bertz CT molecular complexity index is 713. The van der Waals surface area contributed by atoms with Crippen LogP contribution in [0.1, 0.15) is 26.2 Å². The standard InChI is InChI=1S/C23H37N7.HI/c1-2-24-23(26-13-8-16-30-17-9-14-27-30)25-12-6-7-15-28-18-20-29(21-19-28)22-10-4-3-5-11-22;/h3-5,9-11,14,17H,2,6-8,12-13,15-16,18-21H2,1H3,(H2,24,25,26);1H. The van der Waals surface area contributed by atoms with Crippen LogP contribution in [0.15, 0.2) is 53.8 Å². The Labute approximate surface area is 204 Å². The molecule has 1 saturated heterocycles. The number of aryl methyl sites for hydroxylation is 1. The number of aromatic nitrogens is 2. The van der Waals surface area contributed by atoms with Gasteiger partial charge in [0.2, 0.25) is 0 Å². The van der Waals surface area contributed by atoms with Crippen LogP contribution in [0.3, 0.4) is 0 Å². The van der Waals surface area contributed by atoms with Gasteiger partial charge in [-0.1, -0.05) is 18.2 Å². The molecule has 0 saturated carbocycles. The number of anilines is 1.